The van der Waals surface area contributed by atoms with Gasteiger partial charge in [-0.2, -0.15) is 5.10 Å². The van der Waals surface area contributed by atoms with Gasteiger partial charge in [0.1, 0.15) is 0 Å². The Balaban J connectivity index is 2.08. The van der Waals surface area contributed by atoms with Gasteiger partial charge < -0.3 is 5.11 Å². The van der Waals surface area contributed by atoms with Crippen LogP contribution in [0.4, 0.5) is 0 Å². The Morgan fingerprint density at radius 2 is 2.00 bits per heavy atom. The minimum absolute atomic E-state index is 0.0457. The molecule has 0 aliphatic carbocycles. The van der Waals surface area contributed by atoms with Crippen molar-refractivity contribution in [3.63, 3.8) is 0 Å². The number of hydrogen-bond acceptors (Lipinski definition) is 4. The number of benzene rings is 1. The lowest BCUT2D eigenvalue weighted by atomic mass is 10.2. The van der Waals surface area contributed by atoms with Crippen molar-refractivity contribution in [3.8, 4) is 0 Å². The van der Waals surface area contributed by atoms with Gasteiger partial charge >= 0.3 is 0 Å². The van der Waals surface area contributed by atoms with Crippen molar-refractivity contribution in [2.24, 2.45) is 0 Å². The Morgan fingerprint density at radius 3 is 2.55 bits per heavy atom. The first-order valence-electron chi connectivity index (χ1n) is 6.21. The standard InChI is InChI=1S/C13H17N3O3S/c1-10-12(8-14-16-10)9-15-20(18,19)13-4-2-11(3-5-13)6-7-17/h2-5,8,15,17H,6-7,9H2,1H3,(H,14,16). The molecule has 0 amide bonds. The molecule has 1 heterocycles. The highest BCUT2D eigenvalue weighted by Gasteiger charge is 2.14. The summed E-state index contributed by atoms with van der Waals surface area (Å²) < 4.78 is 26.8. The van der Waals surface area contributed by atoms with Gasteiger partial charge in [-0.25, -0.2) is 13.1 Å². The van der Waals surface area contributed by atoms with Gasteiger partial charge in [-0.05, 0) is 31.0 Å². The topological polar surface area (TPSA) is 95.1 Å². The fraction of sp³-hybridized carbons (Fsp3) is 0.308. The third-order valence-electron chi connectivity index (χ3n) is 3.02. The number of aliphatic hydroxyl groups excluding tert-OH is 1. The fourth-order valence-corrected chi connectivity index (χ4v) is 2.78. The van der Waals surface area contributed by atoms with Gasteiger partial charge in [0.15, 0.2) is 0 Å². The predicted molar refractivity (Wildman–Crippen MR) is 74.6 cm³/mol. The molecule has 2 aromatic rings. The maximum absolute atomic E-state index is 12.1. The summed E-state index contributed by atoms with van der Waals surface area (Å²) in [6.45, 7) is 2.08. The van der Waals surface area contributed by atoms with Crippen molar-refractivity contribution in [2.45, 2.75) is 24.8 Å². The van der Waals surface area contributed by atoms with Crippen molar-refractivity contribution in [3.05, 3.63) is 47.3 Å². The number of nitrogens with one attached hydrogen (secondary N) is 2. The Labute approximate surface area is 117 Å². The minimum atomic E-state index is -3.54. The lowest BCUT2D eigenvalue weighted by molar-refractivity contribution is 0.299. The molecule has 1 aromatic carbocycles. The quantitative estimate of drug-likeness (QED) is 0.732. The third kappa shape index (κ3) is 3.44. The molecule has 6 nitrogen and oxygen atoms in total. The van der Waals surface area contributed by atoms with Gasteiger partial charge in [0, 0.05) is 24.4 Å². The number of aliphatic hydroxyl groups is 1. The zero-order chi connectivity index (χ0) is 14.6. The summed E-state index contributed by atoms with van der Waals surface area (Å²) in [7, 11) is -3.54. The molecule has 0 unspecified atom stereocenters. The highest BCUT2D eigenvalue weighted by molar-refractivity contribution is 7.89. The van der Waals surface area contributed by atoms with Crippen LogP contribution in [0.25, 0.3) is 0 Å². The molecule has 0 atom stereocenters. The predicted octanol–water partition coefficient (Wildman–Crippen LogP) is 0.731. The third-order valence-corrected chi connectivity index (χ3v) is 4.44. The SMILES string of the molecule is Cc1[nH]ncc1CNS(=O)(=O)c1ccc(CCO)cc1. The molecular formula is C13H17N3O3S. The maximum atomic E-state index is 12.1. The van der Waals surface area contributed by atoms with Gasteiger partial charge in [-0.1, -0.05) is 12.1 Å². The normalized spacial score (nSPS) is 11.7. The Morgan fingerprint density at radius 1 is 1.30 bits per heavy atom. The second-order valence-corrected chi connectivity index (χ2v) is 6.23. The van der Waals surface area contributed by atoms with E-state index in [-0.39, 0.29) is 18.0 Å². The lowest BCUT2D eigenvalue weighted by Crippen LogP contribution is -2.23. The summed E-state index contributed by atoms with van der Waals surface area (Å²) in [5.74, 6) is 0. The van der Waals surface area contributed by atoms with Crippen LogP contribution in [-0.2, 0) is 23.0 Å². The van der Waals surface area contributed by atoms with Gasteiger partial charge in [0.2, 0.25) is 10.0 Å². The number of sulfonamides is 1. The van der Waals surface area contributed by atoms with E-state index >= 15 is 0 Å². The number of aromatic amines is 1. The van der Waals surface area contributed by atoms with Crippen LogP contribution in [0, 0.1) is 6.92 Å². The van der Waals surface area contributed by atoms with E-state index in [1.165, 1.54) is 12.1 Å². The van der Waals surface area contributed by atoms with E-state index in [1.807, 2.05) is 6.92 Å². The van der Waals surface area contributed by atoms with Crippen LogP contribution >= 0.6 is 0 Å². The second kappa shape index (κ2) is 6.17. The number of hydrogen-bond donors (Lipinski definition) is 3. The largest absolute Gasteiger partial charge is 0.396 e. The van der Waals surface area contributed by atoms with E-state index < -0.39 is 10.0 Å². The number of aromatic nitrogens is 2. The van der Waals surface area contributed by atoms with E-state index in [9.17, 15) is 8.42 Å². The maximum Gasteiger partial charge on any atom is 0.240 e. The van der Waals surface area contributed by atoms with Crippen molar-refractivity contribution >= 4 is 10.0 Å². The summed E-state index contributed by atoms with van der Waals surface area (Å²) in [6.07, 6.45) is 2.12. The monoisotopic (exact) mass is 295 g/mol. The highest BCUT2D eigenvalue weighted by atomic mass is 32.2. The van der Waals surface area contributed by atoms with Gasteiger partial charge in [0.05, 0.1) is 11.1 Å². The molecule has 0 aliphatic rings. The van der Waals surface area contributed by atoms with Crippen LogP contribution in [0.3, 0.4) is 0 Å². The first-order valence-corrected chi connectivity index (χ1v) is 7.69. The lowest BCUT2D eigenvalue weighted by Gasteiger charge is -2.07. The van der Waals surface area contributed by atoms with Crippen LogP contribution < -0.4 is 4.72 Å². The summed E-state index contributed by atoms with van der Waals surface area (Å²) in [5, 5.41) is 15.4. The molecule has 7 heteroatoms. The molecule has 0 spiro atoms. The Bertz CT molecular complexity index is 662. The molecule has 2 rings (SSSR count). The summed E-state index contributed by atoms with van der Waals surface area (Å²) in [4.78, 5) is 0.209. The molecule has 3 N–H and O–H groups in total. The molecule has 0 bridgehead atoms. The Hall–Kier alpha value is -1.70. The van der Waals surface area contributed by atoms with Crippen LogP contribution in [0.15, 0.2) is 35.4 Å². The van der Waals surface area contributed by atoms with Crippen molar-refractivity contribution in [2.75, 3.05) is 6.61 Å². The van der Waals surface area contributed by atoms with Gasteiger partial charge in [0.25, 0.3) is 0 Å². The van der Waals surface area contributed by atoms with Crippen LogP contribution in [0.2, 0.25) is 0 Å². The summed E-state index contributed by atoms with van der Waals surface area (Å²) >= 11 is 0. The van der Waals surface area contributed by atoms with Crippen LogP contribution in [0.1, 0.15) is 16.8 Å². The molecule has 0 aliphatic heterocycles. The summed E-state index contributed by atoms with van der Waals surface area (Å²) in [6, 6.07) is 6.48. The average molecular weight is 295 g/mol. The van der Waals surface area contributed by atoms with Crippen molar-refractivity contribution < 1.29 is 13.5 Å². The molecule has 0 saturated heterocycles. The van der Waals surface area contributed by atoms with Crippen molar-refractivity contribution in [1.82, 2.24) is 14.9 Å². The van der Waals surface area contributed by atoms with Crippen LogP contribution in [-0.4, -0.2) is 30.3 Å². The van der Waals surface area contributed by atoms with Crippen LogP contribution in [0.5, 0.6) is 0 Å². The smallest absolute Gasteiger partial charge is 0.240 e. The Kier molecular flexibility index (Phi) is 4.53. The zero-order valence-corrected chi connectivity index (χ0v) is 11.9. The molecule has 0 radical (unpaired) electrons. The number of nitrogens with zero attached hydrogens (tertiary/aromatic N) is 1. The molecule has 0 saturated carbocycles. The highest BCUT2D eigenvalue weighted by Crippen LogP contribution is 2.12. The zero-order valence-electron chi connectivity index (χ0n) is 11.1. The molecule has 1 aromatic heterocycles. The van der Waals surface area contributed by atoms with E-state index in [0.717, 1.165) is 16.8 Å². The fourth-order valence-electron chi connectivity index (χ4n) is 1.77. The molecule has 20 heavy (non-hydrogen) atoms. The second-order valence-electron chi connectivity index (χ2n) is 4.46. The van der Waals surface area contributed by atoms with E-state index in [2.05, 4.69) is 14.9 Å². The van der Waals surface area contributed by atoms with E-state index in [4.69, 9.17) is 5.11 Å². The molecule has 108 valence electrons. The minimum Gasteiger partial charge on any atom is -0.396 e. The van der Waals surface area contributed by atoms with Gasteiger partial charge in [-0.3, -0.25) is 5.10 Å². The number of H-pyrrole nitrogens is 1. The molecule has 0 fully saturated rings. The van der Waals surface area contributed by atoms with Crippen molar-refractivity contribution in [1.29, 1.82) is 0 Å². The summed E-state index contributed by atoms with van der Waals surface area (Å²) in [5.41, 5.74) is 2.55. The number of aryl methyl sites for hydroxylation is 1. The first-order chi connectivity index (χ1) is 9.53. The van der Waals surface area contributed by atoms with Gasteiger partial charge in [-0.15, -0.1) is 0 Å². The average Bonchev–Trinajstić information content (AvgIpc) is 2.83. The number of rotatable bonds is 6. The van der Waals surface area contributed by atoms with E-state index in [1.54, 1.807) is 18.3 Å². The molecular weight excluding hydrogens is 278 g/mol. The first kappa shape index (κ1) is 14.7. The van der Waals surface area contributed by atoms with E-state index in [0.29, 0.717) is 6.42 Å².